The molecule has 0 aliphatic heterocycles. The van der Waals surface area contributed by atoms with E-state index in [0.717, 1.165) is 11.3 Å². The summed E-state index contributed by atoms with van der Waals surface area (Å²) >= 11 is 0. The fraction of sp³-hybridized carbons (Fsp3) is 0.455. The van der Waals surface area contributed by atoms with Gasteiger partial charge in [0.05, 0.1) is 7.11 Å². The van der Waals surface area contributed by atoms with Crippen LogP contribution in [0.25, 0.3) is 0 Å². The molecular weight excluding hydrogens is 197 g/mol. The summed E-state index contributed by atoms with van der Waals surface area (Å²) < 4.78 is 22.3. The molecule has 3 nitrogen and oxygen atoms in total. The quantitative estimate of drug-likeness (QED) is 0.781. The number of methoxy groups -OCH3 is 1. The molecule has 0 heterocycles. The first-order valence-corrected chi connectivity index (χ1v) is 4.82. The van der Waals surface area contributed by atoms with Crippen LogP contribution >= 0.6 is 0 Å². The average molecular weight is 213 g/mol. The van der Waals surface area contributed by atoms with Gasteiger partial charge >= 0.3 is 0 Å². The van der Waals surface area contributed by atoms with Crippen LogP contribution in [0.2, 0.25) is 0 Å². The number of benzene rings is 1. The largest absolute Gasteiger partial charge is 0.497 e. The van der Waals surface area contributed by atoms with Gasteiger partial charge in [0.1, 0.15) is 24.8 Å². The zero-order valence-corrected chi connectivity index (χ0v) is 9.05. The molecule has 0 atom stereocenters. The van der Waals surface area contributed by atoms with E-state index < -0.39 is 6.67 Å². The first kappa shape index (κ1) is 11.8. The van der Waals surface area contributed by atoms with Crippen molar-refractivity contribution in [1.29, 1.82) is 0 Å². The van der Waals surface area contributed by atoms with Crippen LogP contribution in [0.5, 0.6) is 11.5 Å². The Kier molecular flexibility index (Phi) is 4.90. The van der Waals surface area contributed by atoms with Crippen LogP contribution in [0.4, 0.5) is 4.39 Å². The van der Waals surface area contributed by atoms with E-state index in [2.05, 4.69) is 5.32 Å². The summed E-state index contributed by atoms with van der Waals surface area (Å²) in [4.78, 5) is 0. The van der Waals surface area contributed by atoms with Crippen molar-refractivity contribution < 1.29 is 13.9 Å². The molecule has 0 unspecified atom stereocenters. The van der Waals surface area contributed by atoms with E-state index in [1.54, 1.807) is 19.2 Å². The van der Waals surface area contributed by atoms with Gasteiger partial charge in [-0.2, -0.15) is 0 Å². The summed E-state index contributed by atoms with van der Waals surface area (Å²) in [7, 11) is 3.46. The summed E-state index contributed by atoms with van der Waals surface area (Å²) in [6.45, 7) is 0.271. The number of rotatable bonds is 6. The van der Waals surface area contributed by atoms with Gasteiger partial charge in [-0.15, -0.1) is 0 Å². The maximum absolute atomic E-state index is 12.0. The fourth-order valence-corrected chi connectivity index (χ4v) is 1.30. The third-order valence-corrected chi connectivity index (χ3v) is 1.97. The van der Waals surface area contributed by atoms with E-state index in [4.69, 9.17) is 9.47 Å². The summed E-state index contributed by atoms with van der Waals surface area (Å²) in [5, 5.41) is 3.02. The highest BCUT2D eigenvalue weighted by Gasteiger charge is 2.04. The van der Waals surface area contributed by atoms with E-state index in [1.807, 2.05) is 13.1 Å². The highest BCUT2D eigenvalue weighted by atomic mass is 19.1. The van der Waals surface area contributed by atoms with E-state index in [0.29, 0.717) is 12.3 Å². The molecule has 0 aromatic heterocycles. The van der Waals surface area contributed by atoms with Gasteiger partial charge in [0.15, 0.2) is 0 Å². The Balaban J connectivity index is 2.82. The maximum atomic E-state index is 12.0. The number of ether oxygens (including phenoxy) is 2. The molecule has 15 heavy (non-hydrogen) atoms. The third-order valence-electron chi connectivity index (χ3n) is 1.97. The highest BCUT2D eigenvalue weighted by molar-refractivity contribution is 5.40. The standard InChI is InChI=1S/C11H16FNO2/c1-13-8-9-7-10(14-2)3-4-11(9)15-6-5-12/h3-4,7,13H,5-6,8H2,1-2H3. The minimum atomic E-state index is -0.481. The molecule has 0 amide bonds. The lowest BCUT2D eigenvalue weighted by Crippen LogP contribution is -2.08. The second kappa shape index (κ2) is 6.24. The predicted molar refractivity (Wildman–Crippen MR) is 57.2 cm³/mol. The Labute approximate surface area is 89.2 Å². The molecule has 1 N–H and O–H groups in total. The smallest absolute Gasteiger partial charge is 0.124 e. The number of nitrogens with one attached hydrogen (secondary N) is 1. The Morgan fingerprint density at radius 1 is 1.40 bits per heavy atom. The van der Waals surface area contributed by atoms with Crippen molar-refractivity contribution in [2.24, 2.45) is 0 Å². The molecule has 84 valence electrons. The van der Waals surface area contributed by atoms with Crippen LogP contribution in [0.15, 0.2) is 18.2 Å². The Bertz CT molecular complexity index is 305. The normalized spacial score (nSPS) is 10.1. The molecule has 1 aromatic carbocycles. The highest BCUT2D eigenvalue weighted by Crippen LogP contribution is 2.23. The Morgan fingerprint density at radius 3 is 2.80 bits per heavy atom. The second-order valence-electron chi connectivity index (χ2n) is 3.04. The molecule has 0 fully saturated rings. The van der Waals surface area contributed by atoms with Crippen molar-refractivity contribution in [3.8, 4) is 11.5 Å². The van der Waals surface area contributed by atoms with Crippen LogP contribution in [-0.2, 0) is 6.54 Å². The lowest BCUT2D eigenvalue weighted by Gasteiger charge is -2.11. The van der Waals surface area contributed by atoms with Gasteiger partial charge in [0.25, 0.3) is 0 Å². The van der Waals surface area contributed by atoms with Crippen LogP contribution in [0.1, 0.15) is 5.56 Å². The van der Waals surface area contributed by atoms with Gasteiger partial charge in [0.2, 0.25) is 0 Å². The SMILES string of the molecule is CNCc1cc(OC)ccc1OCCF. The molecule has 1 rings (SSSR count). The van der Waals surface area contributed by atoms with Crippen molar-refractivity contribution in [2.75, 3.05) is 27.4 Å². The van der Waals surface area contributed by atoms with E-state index in [-0.39, 0.29) is 6.61 Å². The van der Waals surface area contributed by atoms with Crippen LogP contribution in [0.3, 0.4) is 0 Å². The van der Waals surface area contributed by atoms with Gasteiger partial charge in [-0.05, 0) is 25.2 Å². The fourth-order valence-electron chi connectivity index (χ4n) is 1.30. The Morgan fingerprint density at radius 2 is 2.20 bits per heavy atom. The van der Waals surface area contributed by atoms with Gasteiger partial charge < -0.3 is 14.8 Å². The monoisotopic (exact) mass is 213 g/mol. The van der Waals surface area contributed by atoms with Crippen molar-refractivity contribution in [3.05, 3.63) is 23.8 Å². The van der Waals surface area contributed by atoms with Crippen molar-refractivity contribution >= 4 is 0 Å². The van der Waals surface area contributed by atoms with Crippen LogP contribution in [-0.4, -0.2) is 27.4 Å². The average Bonchev–Trinajstić information content (AvgIpc) is 2.27. The van der Waals surface area contributed by atoms with Gasteiger partial charge in [-0.3, -0.25) is 0 Å². The van der Waals surface area contributed by atoms with Gasteiger partial charge in [-0.25, -0.2) is 4.39 Å². The van der Waals surface area contributed by atoms with Gasteiger partial charge in [0, 0.05) is 12.1 Å². The van der Waals surface area contributed by atoms with Crippen LogP contribution in [0, 0.1) is 0 Å². The number of halogens is 1. The van der Waals surface area contributed by atoms with Crippen molar-refractivity contribution in [3.63, 3.8) is 0 Å². The number of alkyl halides is 1. The molecule has 4 heteroatoms. The summed E-state index contributed by atoms with van der Waals surface area (Å²) in [6, 6.07) is 5.47. The lowest BCUT2D eigenvalue weighted by molar-refractivity contribution is 0.270. The zero-order chi connectivity index (χ0) is 11.1. The topological polar surface area (TPSA) is 30.5 Å². The molecule has 0 bridgehead atoms. The summed E-state index contributed by atoms with van der Waals surface area (Å²) in [6.07, 6.45) is 0. The summed E-state index contributed by atoms with van der Waals surface area (Å²) in [5.74, 6) is 1.47. The molecular formula is C11H16FNO2. The Hall–Kier alpha value is -1.29. The molecule has 0 aliphatic carbocycles. The third kappa shape index (κ3) is 3.40. The van der Waals surface area contributed by atoms with E-state index >= 15 is 0 Å². The molecule has 0 radical (unpaired) electrons. The summed E-state index contributed by atoms with van der Waals surface area (Å²) in [5.41, 5.74) is 0.963. The van der Waals surface area contributed by atoms with Crippen LogP contribution < -0.4 is 14.8 Å². The predicted octanol–water partition coefficient (Wildman–Crippen LogP) is 1.76. The first-order chi connectivity index (χ1) is 7.31. The van der Waals surface area contributed by atoms with E-state index in [1.165, 1.54) is 0 Å². The minimum absolute atomic E-state index is 0.0864. The molecule has 0 spiro atoms. The number of hydrogen-bond donors (Lipinski definition) is 1. The second-order valence-corrected chi connectivity index (χ2v) is 3.04. The molecule has 1 aromatic rings. The number of hydrogen-bond acceptors (Lipinski definition) is 3. The zero-order valence-electron chi connectivity index (χ0n) is 9.05. The molecule has 0 saturated carbocycles. The first-order valence-electron chi connectivity index (χ1n) is 4.82. The molecule has 0 aliphatic rings. The van der Waals surface area contributed by atoms with E-state index in [9.17, 15) is 4.39 Å². The van der Waals surface area contributed by atoms with Crippen molar-refractivity contribution in [2.45, 2.75) is 6.54 Å². The van der Waals surface area contributed by atoms with Gasteiger partial charge in [-0.1, -0.05) is 0 Å². The molecule has 0 saturated heterocycles. The maximum Gasteiger partial charge on any atom is 0.124 e. The lowest BCUT2D eigenvalue weighted by atomic mass is 10.2. The minimum Gasteiger partial charge on any atom is -0.497 e. The van der Waals surface area contributed by atoms with Crippen molar-refractivity contribution in [1.82, 2.24) is 5.32 Å².